The lowest BCUT2D eigenvalue weighted by atomic mass is 10.1. The SMILES string of the molecule is CCCCCCC(C)P(CC)C(C)CCCCCC. The molecule has 0 heterocycles. The largest absolute Gasteiger partial charge is 0.101 e. The molecular weight excluding hydrogens is 247 g/mol. The average molecular weight is 286 g/mol. The van der Waals surface area contributed by atoms with Crippen molar-refractivity contribution < 1.29 is 0 Å². The Morgan fingerprint density at radius 3 is 1.37 bits per heavy atom. The Bertz CT molecular complexity index is 161. The molecule has 0 aliphatic carbocycles. The van der Waals surface area contributed by atoms with Crippen LogP contribution in [0.15, 0.2) is 0 Å². The van der Waals surface area contributed by atoms with Gasteiger partial charge in [0.1, 0.15) is 0 Å². The summed E-state index contributed by atoms with van der Waals surface area (Å²) >= 11 is 0. The van der Waals surface area contributed by atoms with E-state index in [1.165, 1.54) is 70.4 Å². The van der Waals surface area contributed by atoms with E-state index < -0.39 is 0 Å². The smallest absolute Gasteiger partial charge is 0.0235 e. The topological polar surface area (TPSA) is 0 Å². The Balaban J connectivity index is 3.87. The van der Waals surface area contributed by atoms with Crippen molar-refractivity contribution in [2.75, 3.05) is 6.16 Å². The Morgan fingerprint density at radius 1 is 0.632 bits per heavy atom. The standard InChI is InChI=1S/C18H39P/c1-6-9-11-13-15-17(4)19(8-3)18(5)16-14-12-10-7-2/h17-18H,6-16H2,1-5H3. The van der Waals surface area contributed by atoms with Crippen LogP contribution in [0.2, 0.25) is 0 Å². The molecule has 0 nitrogen and oxygen atoms in total. The van der Waals surface area contributed by atoms with Crippen molar-refractivity contribution >= 4 is 7.92 Å². The van der Waals surface area contributed by atoms with Gasteiger partial charge in [0.05, 0.1) is 0 Å². The Kier molecular flexibility index (Phi) is 13.7. The lowest BCUT2D eigenvalue weighted by Crippen LogP contribution is -2.12. The third-order valence-corrected chi connectivity index (χ3v) is 7.96. The molecule has 0 saturated carbocycles. The van der Waals surface area contributed by atoms with Gasteiger partial charge in [-0.3, -0.25) is 0 Å². The minimum Gasteiger partial charge on any atom is -0.101 e. The first-order chi connectivity index (χ1) is 9.17. The predicted octanol–water partition coefficient (Wildman–Crippen LogP) is 7.21. The first-order valence-electron chi connectivity index (χ1n) is 8.93. The van der Waals surface area contributed by atoms with E-state index in [4.69, 9.17) is 0 Å². The van der Waals surface area contributed by atoms with E-state index >= 15 is 0 Å². The van der Waals surface area contributed by atoms with Crippen molar-refractivity contribution in [2.45, 2.75) is 110 Å². The van der Waals surface area contributed by atoms with E-state index in [-0.39, 0.29) is 7.92 Å². The summed E-state index contributed by atoms with van der Waals surface area (Å²) in [5.74, 6) is 0. The summed E-state index contributed by atoms with van der Waals surface area (Å²) < 4.78 is 0. The fourth-order valence-corrected chi connectivity index (χ4v) is 6.27. The Labute approximate surface area is 124 Å². The molecule has 0 aromatic rings. The molecule has 2 unspecified atom stereocenters. The predicted molar refractivity (Wildman–Crippen MR) is 93.9 cm³/mol. The zero-order chi connectivity index (χ0) is 14.5. The van der Waals surface area contributed by atoms with Crippen LogP contribution in [-0.4, -0.2) is 17.5 Å². The second kappa shape index (κ2) is 13.4. The molecule has 116 valence electrons. The van der Waals surface area contributed by atoms with Crippen LogP contribution in [0.4, 0.5) is 0 Å². The normalized spacial score (nSPS) is 16.3. The number of hydrogen-bond donors (Lipinski definition) is 0. The summed E-state index contributed by atoms with van der Waals surface area (Å²) in [6.07, 6.45) is 15.9. The molecule has 0 bridgehead atoms. The zero-order valence-electron chi connectivity index (χ0n) is 14.4. The summed E-state index contributed by atoms with van der Waals surface area (Å²) in [6, 6.07) is 0. The van der Waals surface area contributed by atoms with Crippen molar-refractivity contribution in [2.24, 2.45) is 0 Å². The molecule has 0 rings (SSSR count). The molecule has 0 aliphatic rings. The van der Waals surface area contributed by atoms with Crippen LogP contribution in [0, 0.1) is 0 Å². The maximum absolute atomic E-state index is 2.53. The molecular formula is C18H39P. The van der Waals surface area contributed by atoms with Crippen molar-refractivity contribution in [1.82, 2.24) is 0 Å². The first-order valence-corrected chi connectivity index (χ1v) is 10.6. The lowest BCUT2D eigenvalue weighted by Gasteiger charge is -2.30. The van der Waals surface area contributed by atoms with Gasteiger partial charge in [0.15, 0.2) is 0 Å². The van der Waals surface area contributed by atoms with Gasteiger partial charge in [-0.2, -0.15) is 0 Å². The van der Waals surface area contributed by atoms with E-state index in [2.05, 4.69) is 34.6 Å². The highest BCUT2D eigenvalue weighted by atomic mass is 31.1. The summed E-state index contributed by atoms with van der Waals surface area (Å²) in [5, 5.41) is 0. The van der Waals surface area contributed by atoms with Crippen LogP contribution in [0.3, 0.4) is 0 Å². The van der Waals surface area contributed by atoms with Gasteiger partial charge in [-0.25, -0.2) is 0 Å². The maximum Gasteiger partial charge on any atom is -0.0235 e. The fourth-order valence-electron chi connectivity index (χ4n) is 3.12. The van der Waals surface area contributed by atoms with Crippen LogP contribution in [0.25, 0.3) is 0 Å². The molecule has 1 heteroatoms. The van der Waals surface area contributed by atoms with Gasteiger partial charge in [0.25, 0.3) is 0 Å². The molecule has 0 aliphatic heterocycles. The molecule has 0 fully saturated rings. The van der Waals surface area contributed by atoms with E-state index in [1.54, 1.807) is 0 Å². The minimum absolute atomic E-state index is 0.277. The third kappa shape index (κ3) is 9.89. The van der Waals surface area contributed by atoms with Gasteiger partial charge in [-0.1, -0.05) is 86.0 Å². The monoisotopic (exact) mass is 286 g/mol. The number of unbranched alkanes of at least 4 members (excludes halogenated alkanes) is 6. The van der Waals surface area contributed by atoms with Gasteiger partial charge in [0.2, 0.25) is 0 Å². The summed E-state index contributed by atoms with van der Waals surface area (Å²) in [4.78, 5) is 0. The maximum atomic E-state index is 2.53. The Morgan fingerprint density at radius 2 is 1.05 bits per heavy atom. The van der Waals surface area contributed by atoms with Gasteiger partial charge in [-0.05, 0) is 30.3 Å². The molecule has 19 heavy (non-hydrogen) atoms. The van der Waals surface area contributed by atoms with Crippen molar-refractivity contribution in [3.05, 3.63) is 0 Å². The van der Waals surface area contributed by atoms with Gasteiger partial charge >= 0.3 is 0 Å². The minimum atomic E-state index is 0.277. The van der Waals surface area contributed by atoms with E-state index in [9.17, 15) is 0 Å². The first kappa shape index (κ1) is 19.4. The molecule has 0 aromatic carbocycles. The van der Waals surface area contributed by atoms with Crippen LogP contribution < -0.4 is 0 Å². The number of hydrogen-bond acceptors (Lipinski definition) is 0. The van der Waals surface area contributed by atoms with Crippen molar-refractivity contribution in [3.63, 3.8) is 0 Å². The lowest BCUT2D eigenvalue weighted by molar-refractivity contribution is 0.612. The second-order valence-electron chi connectivity index (χ2n) is 6.23. The molecule has 0 amide bonds. The van der Waals surface area contributed by atoms with Crippen LogP contribution in [-0.2, 0) is 0 Å². The molecule has 0 saturated heterocycles. The van der Waals surface area contributed by atoms with E-state index in [0.29, 0.717) is 0 Å². The van der Waals surface area contributed by atoms with Crippen LogP contribution >= 0.6 is 7.92 Å². The molecule has 0 N–H and O–H groups in total. The molecule has 0 radical (unpaired) electrons. The Hall–Kier alpha value is 0.430. The summed E-state index contributed by atoms with van der Waals surface area (Å²) in [6.45, 7) is 12.1. The van der Waals surface area contributed by atoms with Crippen molar-refractivity contribution in [3.8, 4) is 0 Å². The van der Waals surface area contributed by atoms with E-state index in [0.717, 1.165) is 11.3 Å². The molecule has 0 spiro atoms. The van der Waals surface area contributed by atoms with Gasteiger partial charge < -0.3 is 0 Å². The molecule has 0 aromatic heterocycles. The third-order valence-electron chi connectivity index (χ3n) is 4.45. The van der Waals surface area contributed by atoms with E-state index in [1.807, 2.05) is 0 Å². The number of rotatable bonds is 13. The van der Waals surface area contributed by atoms with Crippen LogP contribution in [0.5, 0.6) is 0 Å². The van der Waals surface area contributed by atoms with Gasteiger partial charge in [-0.15, -0.1) is 7.92 Å². The second-order valence-corrected chi connectivity index (χ2v) is 9.65. The highest BCUT2D eigenvalue weighted by Crippen LogP contribution is 2.49. The highest BCUT2D eigenvalue weighted by molar-refractivity contribution is 7.59. The summed E-state index contributed by atoms with van der Waals surface area (Å²) in [5.41, 5.74) is 2.00. The van der Waals surface area contributed by atoms with Crippen molar-refractivity contribution in [1.29, 1.82) is 0 Å². The summed E-state index contributed by atoms with van der Waals surface area (Å²) in [7, 11) is 0.277. The quantitative estimate of drug-likeness (QED) is 0.248. The average Bonchev–Trinajstić information content (AvgIpc) is 2.40. The molecule has 2 atom stereocenters. The van der Waals surface area contributed by atoms with Gasteiger partial charge in [0, 0.05) is 0 Å². The van der Waals surface area contributed by atoms with Crippen LogP contribution in [0.1, 0.15) is 98.8 Å². The zero-order valence-corrected chi connectivity index (χ0v) is 15.3. The fraction of sp³-hybridized carbons (Fsp3) is 1.00. The highest BCUT2D eigenvalue weighted by Gasteiger charge is 2.20.